The molecule has 0 fully saturated rings. The Morgan fingerprint density at radius 1 is 1.57 bits per heavy atom. The lowest BCUT2D eigenvalue weighted by atomic mass is 9.84. The summed E-state index contributed by atoms with van der Waals surface area (Å²) in [7, 11) is 0. The number of hydrogen-bond donors (Lipinski definition) is 0. The second kappa shape index (κ2) is 5.00. The molecule has 1 rings (SSSR count). The lowest BCUT2D eigenvalue weighted by Gasteiger charge is -2.25. The molecule has 0 radical (unpaired) electrons. The topological polar surface area (TPSA) is 0 Å². The molecule has 0 aliphatic heterocycles. The molecular formula is C11H16BrClS. The Balaban J connectivity index is 2.58. The average Bonchev–Trinajstić information content (AvgIpc) is 2.30. The highest BCUT2D eigenvalue weighted by atomic mass is 79.9. The van der Waals surface area contributed by atoms with E-state index in [1.165, 1.54) is 9.35 Å². The van der Waals surface area contributed by atoms with Crippen molar-refractivity contribution in [2.24, 2.45) is 5.41 Å². The van der Waals surface area contributed by atoms with Gasteiger partial charge in [0.25, 0.3) is 0 Å². The van der Waals surface area contributed by atoms with E-state index in [0.29, 0.717) is 5.41 Å². The fourth-order valence-corrected chi connectivity index (χ4v) is 3.88. The standard InChI is InChI=1S/C11H16BrClS/c1-8(13)5-11(2,3)6-10-4-9(12)7-14-10/h4,7-8H,5-6H2,1-3H3. The number of thiophene rings is 1. The van der Waals surface area contributed by atoms with Gasteiger partial charge in [-0.3, -0.25) is 0 Å². The maximum Gasteiger partial charge on any atom is 0.0313 e. The molecule has 0 nitrogen and oxygen atoms in total. The third kappa shape index (κ3) is 4.33. The Morgan fingerprint density at radius 3 is 2.64 bits per heavy atom. The molecule has 0 saturated carbocycles. The highest BCUT2D eigenvalue weighted by molar-refractivity contribution is 9.10. The van der Waals surface area contributed by atoms with Crippen molar-refractivity contribution in [2.45, 2.75) is 39.0 Å². The van der Waals surface area contributed by atoms with Crippen LogP contribution in [0.1, 0.15) is 32.1 Å². The van der Waals surface area contributed by atoms with Crippen molar-refractivity contribution in [1.29, 1.82) is 0 Å². The minimum atomic E-state index is 0.258. The van der Waals surface area contributed by atoms with Gasteiger partial charge in [-0.1, -0.05) is 13.8 Å². The molecule has 1 heterocycles. The molecule has 1 unspecified atom stereocenters. The molecule has 1 aromatic rings. The van der Waals surface area contributed by atoms with E-state index in [0.717, 1.165) is 12.8 Å². The van der Waals surface area contributed by atoms with Gasteiger partial charge in [0.2, 0.25) is 0 Å². The Morgan fingerprint density at radius 2 is 2.21 bits per heavy atom. The third-order valence-corrected chi connectivity index (χ3v) is 3.96. The van der Waals surface area contributed by atoms with Crippen LogP contribution in [-0.2, 0) is 6.42 Å². The van der Waals surface area contributed by atoms with Crippen LogP contribution in [0.25, 0.3) is 0 Å². The molecule has 0 amide bonds. The zero-order valence-corrected chi connectivity index (χ0v) is 12.0. The first-order chi connectivity index (χ1) is 6.39. The third-order valence-electron chi connectivity index (χ3n) is 2.11. The van der Waals surface area contributed by atoms with Crippen molar-refractivity contribution in [1.82, 2.24) is 0 Å². The molecule has 14 heavy (non-hydrogen) atoms. The quantitative estimate of drug-likeness (QED) is 0.678. The van der Waals surface area contributed by atoms with Crippen LogP contribution in [0.4, 0.5) is 0 Å². The summed E-state index contributed by atoms with van der Waals surface area (Å²) < 4.78 is 1.19. The van der Waals surface area contributed by atoms with E-state index in [-0.39, 0.29) is 5.38 Å². The van der Waals surface area contributed by atoms with Gasteiger partial charge in [0.05, 0.1) is 0 Å². The second-order valence-electron chi connectivity index (χ2n) is 4.56. The number of hydrogen-bond acceptors (Lipinski definition) is 1. The molecule has 0 bridgehead atoms. The van der Waals surface area contributed by atoms with Crippen LogP contribution in [0.5, 0.6) is 0 Å². The van der Waals surface area contributed by atoms with Gasteiger partial charge >= 0.3 is 0 Å². The highest BCUT2D eigenvalue weighted by Crippen LogP contribution is 2.32. The van der Waals surface area contributed by atoms with E-state index in [9.17, 15) is 0 Å². The molecule has 0 N–H and O–H groups in total. The minimum Gasteiger partial charge on any atom is -0.148 e. The van der Waals surface area contributed by atoms with Gasteiger partial charge in [-0.05, 0) is 47.2 Å². The summed E-state index contributed by atoms with van der Waals surface area (Å²) in [6.07, 6.45) is 2.17. The molecule has 0 aliphatic carbocycles. The van der Waals surface area contributed by atoms with Crippen molar-refractivity contribution in [3.63, 3.8) is 0 Å². The average molecular weight is 296 g/mol. The molecule has 1 aromatic heterocycles. The minimum absolute atomic E-state index is 0.258. The van der Waals surface area contributed by atoms with Crippen LogP contribution in [0.2, 0.25) is 0 Å². The molecule has 3 heteroatoms. The maximum atomic E-state index is 6.03. The van der Waals surface area contributed by atoms with Crippen LogP contribution in [0, 0.1) is 5.41 Å². The lowest BCUT2D eigenvalue weighted by molar-refractivity contribution is 0.334. The zero-order chi connectivity index (χ0) is 10.8. The monoisotopic (exact) mass is 294 g/mol. The molecule has 0 aliphatic rings. The van der Waals surface area contributed by atoms with Crippen molar-refractivity contribution in [3.05, 3.63) is 20.8 Å². The van der Waals surface area contributed by atoms with Crippen molar-refractivity contribution < 1.29 is 0 Å². The fourth-order valence-electron chi connectivity index (χ4n) is 1.75. The number of halogens is 2. The van der Waals surface area contributed by atoms with Gasteiger partial charge in [0.15, 0.2) is 0 Å². The normalized spacial score (nSPS) is 14.4. The van der Waals surface area contributed by atoms with E-state index < -0.39 is 0 Å². The first-order valence-corrected chi connectivity index (χ1v) is 6.87. The highest BCUT2D eigenvalue weighted by Gasteiger charge is 2.21. The Labute approximate surface area is 104 Å². The predicted molar refractivity (Wildman–Crippen MR) is 69.4 cm³/mol. The largest absolute Gasteiger partial charge is 0.148 e. The van der Waals surface area contributed by atoms with Gasteiger partial charge in [-0.25, -0.2) is 0 Å². The molecule has 1 atom stereocenters. The van der Waals surface area contributed by atoms with E-state index in [4.69, 9.17) is 11.6 Å². The summed E-state index contributed by atoms with van der Waals surface area (Å²) in [5.41, 5.74) is 0.297. The van der Waals surface area contributed by atoms with E-state index >= 15 is 0 Å². The van der Waals surface area contributed by atoms with Crippen molar-refractivity contribution in [2.75, 3.05) is 0 Å². The first-order valence-electron chi connectivity index (χ1n) is 4.76. The Kier molecular flexibility index (Phi) is 4.48. The zero-order valence-electron chi connectivity index (χ0n) is 8.81. The van der Waals surface area contributed by atoms with Crippen LogP contribution < -0.4 is 0 Å². The maximum absolute atomic E-state index is 6.03. The molecular weight excluding hydrogens is 280 g/mol. The van der Waals surface area contributed by atoms with E-state index in [2.05, 4.69) is 48.1 Å². The Bertz CT molecular complexity index is 291. The van der Waals surface area contributed by atoms with Crippen LogP contribution in [0.3, 0.4) is 0 Å². The summed E-state index contributed by atoms with van der Waals surface area (Å²) in [5.74, 6) is 0. The molecule has 0 aromatic carbocycles. The number of rotatable bonds is 4. The summed E-state index contributed by atoms with van der Waals surface area (Å²) >= 11 is 11.3. The van der Waals surface area contributed by atoms with Crippen LogP contribution in [-0.4, -0.2) is 5.38 Å². The Hall–Kier alpha value is 0.470. The molecule has 0 saturated heterocycles. The van der Waals surface area contributed by atoms with Gasteiger partial charge in [-0.15, -0.1) is 22.9 Å². The van der Waals surface area contributed by atoms with Crippen LogP contribution >= 0.6 is 38.9 Å². The van der Waals surface area contributed by atoms with Crippen molar-refractivity contribution in [3.8, 4) is 0 Å². The van der Waals surface area contributed by atoms with Gasteiger partial charge in [-0.2, -0.15) is 0 Å². The summed E-state index contributed by atoms with van der Waals surface area (Å²) in [6, 6.07) is 2.20. The van der Waals surface area contributed by atoms with Crippen LogP contribution in [0.15, 0.2) is 15.9 Å². The van der Waals surface area contributed by atoms with Gasteiger partial charge < -0.3 is 0 Å². The van der Waals surface area contributed by atoms with E-state index in [1.54, 1.807) is 0 Å². The lowest BCUT2D eigenvalue weighted by Crippen LogP contribution is -2.18. The summed E-state index contributed by atoms with van der Waals surface area (Å²) in [5, 5.41) is 2.39. The van der Waals surface area contributed by atoms with E-state index in [1.807, 2.05) is 11.3 Å². The summed E-state index contributed by atoms with van der Waals surface area (Å²) in [4.78, 5) is 1.43. The first kappa shape index (κ1) is 12.5. The number of alkyl halides is 1. The van der Waals surface area contributed by atoms with Gasteiger partial charge in [0.1, 0.15) is 0 Å². The summed E-state index contributed by atoms with van der Waals surface area (Å²) in [6.45, 7) is 6.62. The SMILES string of the molecule is CC(Cl)CC(C)(C)Cc1cc(Br)cs1. The van der Waals surface area contributed by atoms with Crippen molar-refractivity contribution >= 4 is 38.9 Å². The second-order valence-corrected chi connectivity index (χ2v) is 7.21. The smallest absolute Gasteiger partial charge is 0.0313 e. The molecule has 80 valence electrons. The molecule has 0 spiro atoms. The predicted octanol–water partition coefficient (Wildman–Crippen LogP) is 5.10. The van der Waals surface area contributed by atoms with Gasteiger partial charge in [0, 0.05) is 20.1 Å². The fraction of sp³-hybridized carbons (Fsp3) is 0.636.